The molecule has 0 amide bonds. The Morgan fingerprint density at radius 3 is 2.57 bits per heavy atom. The van der Waals surface area contributed by atoms with Crippen LogP contribution in [-0.4, -0.2) is 20.9 Å². The van der Waals surface area contributed by atoms with Crippen LogP contribution < -0.4 is 10.9 Å². The molecule has 2 heterocycles. The topological polar surface area (TPSA) is 54.8 Å². The van der Waals surface area contributed by atoms with Crippen LogP contribution in [0, 0.1) is 12.8 Å². The van der Waals surface area contributed by atoms with Crippen molar-refractivity contribution in [2.75, 3.05) is 10.9 Å². The zero-order chi connectivity index (χ0) is 21.7. The number of anilines is 2. The summed E-state index contributed by atoms with van der Waals surface area (Å²) in [6.07, 6.45) is 5.67. The van der Waals surface area contributed by atoms with Crippen molar-refractivity contribution >= 4 is 11.5 Å². The summed E-state index contributed by atoms with van der Waals surface area (Å²) in [5, 5.41) is 4.44. The lowest BCUT2D eigenvalue weighted by molar-refractivity contribution is 0.243. The number of rotatable bonds is 9. The van der Waals surface area contributed by atoms with Crippen molar-refractivity contribution in [3.8, 4) is 11.1 Å². The third-order valence-electron chi connectivity index (χ3n) is 5.58. The molecule has 2 unspecified atom stereocenters. The van der Waals surface area contributed by atoms with Crippen molar-refractivity contribution in [1.29, 1.82) is 0 Å². The predicted molar refractivity (Wildman–Crippen MR) is 122 cm³/mol. The molecular weight excluding hydrogens is 377 g/mol. The largest absolute Gasteiger partial charge is 0.299 e. The number of aromatic nitrogens is 3. The molecule has 5 nitrogen and oxygen atoms in total. The molecule has 0 fully saturated rings. The highest BCUT2D eigenvalue weighted by Crippen LogP contribution is 2.26. The van der Waals surface area contributed by atoms with Crippen LogP contribution in [0.25, 0.3) is 11.1 Å². The average molecular weight is 410 g/mol. The molecule has 0 saturated carbocycles. The first-order chi connectivity index (χ1) is 14.3. The Balaban J connectivity index is 1.69. The molecule has 2 N–H and O–H groups in total. The third kappa shape index (κ3) is 5.59. The van der Waals surface area contributed by atoms with E-state index in [-0.39, 0.29) is 5.92 Å². The Hall–Kier alpha value is -2.89. The Morgan fingerprint density at radius 1 is 1.03 bits per heavy atom. The second-order valence-corrected chi connectivity index (χ2v) is 8.34. The van der Waals surface area contributed by atoms with Gasteiger partial charge in [0.05, 0.1) is 18.1 Å². The van der Waals surface area contributed by atoms with E-state index in [4.69, 9.17) is 0 Å². The number of alkyl halides is 1. The normalized spacial score (nSPS) is 13.3. The van der Waals surface area contributed by atoms with Crippen molar-refractivity contribution in [3.05, 3.63) is 60.0 Å². The molecule has 0 aliphatic heterocycles. The van der Waals surface area contributed by atoms with Gasteiger partial charge in [0, 0.05) is 24.5 Å². The molecule has 2 aromatic heterocycles. The molecule has 0 aliphatic carbocycles. The van der Waals surface area contributed by atoms with Gasteiger partial charge in [-0.05, 0) is 67.0 Å². The van der Waals surface area contributed by atoms with Gasteiger partial charge in [0.2, 0.25) is 0 Å². The molecule has 30 heavy (non-hydrogen) atoms. The van der Waals surface area contributed by atoms with Crippen LogP contribution in [0.2, 0.25) is 0 Å². The van der Waals surface area contributed by atoms with Crippen LogP contribution in [0.3, 0.4) is 0 Å². The predicted octanol–water partition coefficient (Wildman–Crippen LogP) is 6.20. The summed E-state index contributed by atoms with van der Waals surface area (Å²) in [5.41, 5.74) is 12.0. The van der Waals surface area contributed by atoms with E-state index >= 15 is 0 Å². The van der Waals surface area contributed by atoms with Crippen LogP contribution in [0.15, 0.2) is 48.9 Å². The maximum Gasteiger partial charge on any atom is 0.144 e. The minimum atomic E-state index is -0.797. The number of aryl methyl sites for hydroxylation is 2. The van der Waals surface area contributed by atoms with Crippen molar-refractivity contribution in [1.82, 2.24) is 14.8 Å². The highest BCUT2D eigenvalue weighted by Gasteiger charge is 2.11. The molecule has 3 aromatic rings. The van der Waals surface area contributed by atoms with Crippen molar-refractivity contribution < 1.29 is 4.39 Å². The van der Waals surface area contributed by atoms with E-state index in [1.165, 1.54) is 5.56 Å². The SMILES string of the molecule is Cc1ccc(-c2cnn(CCC(C)C(C)F)c2)cc1NNc1cc(C(C)C)ccn1. The van der Waals surface area contributed by atoms with Gasteiger partial charge < -0.3 is 0 Å². The van der Waals surface area contributed by atoms with Gasteiger partial charge >= 0.3 is 0 Å². The van der Waals surface area contributed by atoms with Crippen molar-refractivity contribution in [2.24, 2.45) is 5.92 Å². The molecule has 6 heteroatoms. The number of benzene rings is 1. The molecule has 0 aliphatic rings. The lowest BCUT2D eigenvalue weighted by Gasteiger charge is -2.14. The summed E-state index contributed by atoms with van der Waals surface area (Å²) >= 11 is 0. The fraction of sp³-hybridized carbons (Fsp3) is 0.417. The number of hydrogen-bond acceptors (Lipinski definition) is 4. The second-order valence-electron chi connectivity index (χ2n) is 8.34. The highest BCUT2D eigenvalue weighted by atomic mass is 19.1. The summed E-state index contributed by atoms with van der Waals surface area (Å²) < 4.78 is 15.2. The van der Waals surface area contributed by atoms with E-state index in [2.05, 4.69) is 66.0 Å². The standard InChI is InChI=1S/C24H32FN5/c1-16(2)20-8-10-26-24(13-20)29-28-23-12-21(7-6-18(23)4)22-14-27-30(15-22)11-9-17(3)19(5)25/h6-8,10,12-17,19,28H,9,11H2,1-5H3,(H,26,29). The van der Waals surface area contributed by atoms with Gasteiger partial charge in [-0.2, -0.15) is 5.10 Å². The van der Waals surface area contributed by atoms with Crippen LogP contribution in [0.1, 0.15) is 51.2 Å². The van der Waals surface area contributed by atoms with Gasteiger partial charge in [-0.25, -0.2) is 9.37 Å². The number of halogens is 1. The molecule has 0 spiro atoms. The van der Waals surface area contributed by atoms with Crippen LogP contribution in [0.5, 0.6) is 0 Å². The molecule has 0 radical (unpaired) electrons. The molecular formula is C24H32FN5. The average Bonchev–Trinajstić information content (AvgIpc) is 3.20. The van der Waals surface area contributed by atoms with E-state index in [1.807, 2.05) is 36.3 Å². The summed E-state index contributed by atoms with van der Waals surface area (Å²) in [6.45, 7) is 10.7. The first-order valence-electron chi connectivity index (χ1n) is 10.6. The first-order valence-corrected chi connectivity index (χ1v) is 10.6. The zero-order valence-electron chi connectivity index (χ0n) is 18.5. The maximum atomic E-state index is 13.4. The van der Waals surface area contributed by atoms with E-state index in [0.29, 0.717) is 12.5 Å². The molecule has 2 atom stereocenters. The fourth-order valence-electron chi connectivity index (χ4n) is 3.14. The number of pyridine rings is 1. The quantitative estimate of drug-likeness (QED) is 0.413. The Kier molecular flexibility index (Phi) is 7.08. The van der Waals surface area contributed by atoms with E-state index in [0.717, 1.165) is 34.6 Å². The Labute approximate surface area is 178 Å². The minimum Gasteiger partial charge on any atom is -0.299 e. The van der Waals surface area contributed by atoms with Gasteiger partial charge in [-0.3, -0.25) is 15.5 Å². The van der Waals surface area contributed by atoms with Gasteiger partial charge in [0.25, 0.3) is 0 Å². The molecule has 0 saturated heterocycles. The minimum absolute atomic E-state index is 0.0294. The molecule has 3 rings (SSSR count). The summed E-state index contributed by atoms with van der Waals surface area (Å²) in [7, 11) is 0. The van der Waals surface area contributed by atoms with Crippen molar-refractivity contribution in [2.45, 2.75) is 59.7 Å². The number of hydrazine groups is 1. The van der Waals surface area contributed by atoms with E-state index < -0.39 is 6.17 Å². The summed E-state index contributed by atoms with van der Waals surface area (Å²) in [4.78, 5) is 4.38. The van der Waals surface area contributed by atoms with Gasteiger partial charge in [-0.1, -0.05) is 32.9 Å². The molecule has 0 bridgehead atoms. The zero-order valence-corrected chi connectivity index (χ0v) is 18.5. The lowest BCUT2D eigenvalue weighted by atomic mass is 10.0. The second kappa shape index (κ2) is 9.74. The molecule has 160 valence electrons. The Morgan fingerprint density at radius 2 is 1.83 bits per heavy atom. The number of hydrogen-bond donors (Lipinski definition) is 2. The van der Waals surface area contributed by atoms with Crippen LogP contribution in [0.4, 0.5) is 15.9 Å². The van der Waals surface area contributed by atoms with Gasteiger partial charge in [-0.15, -0.1) is 0 Å². The smallest absolute Gasteiger partial charge is 0.144 e. The first kappa shape index (κ1) is 21.8. The van der Waals surface area contributed by atoms with Gasteiger partial charge in [0.15, 0.2) is 0 Å². The summed E-state index contributed by atoms with van der Waals surface area (Å²) in [5.74, 6) is 1.27. The summed E-state index contributed by atoms with van der Waals surface area (Å²) in [6, 6.07) is 10.4. The van der Waals surface area contributed by atoms with E-state index in [9.17, 15) is 4.39 Å². The molecule has 1 aromatic carbocycles. The van der Waals surface area contributed by atoms with Crippen LogP contribution >= 0.6 is 0 Å². The lowest BCUT2D eigenvalue weighted by Crippen LogP contribution is -2.12. The third-order valence-corrected chi connectivity index (χ3v) is 5.58. The number of nitrogens with one attached hydrogen (secondary N) is 2. The Bertz CT molecular complexity index is 964. The maximum absolute atomic E-state index is 13.4. The van der Waals surface area contributed by atoms with Crippen molar-refractivity contribution in [3.63, 3.8) is 0 Å². The number of nitrogens with zero attached hydrogens (tertiary/aromatic N) is 3. The van der Waals surface area contributed by atoms with Crippen LogP contribution in [-0.2, 0) is 6.54 Å². The monoisotopic (exact) mass is 409 g/mol. The fourth-order valence-corrected chi connectivity index (χ4v) is 3.14. The van der Waals surface area contributed by atoms with E-state index in [1.54, 1.807) is 6.92 Å². The van der Waals surface area contributed by atoms with Gasteiger partial charge in [0.1, 0.15) is 5.82 Å². The highest BCUT2D eigenvalue weighted by molar-refractivity contribution is 5.69.